The number of amides is 3. The smallest absolute Gasteiger partial charge is 0.293 e. The lowest BCUT2D eigenvalue weighted by Gasteiger charge is -2.12. The molecule has 0 radical (unpaired) electrons. The molecular formula is C24H27N5O4S. The monoisotopic (exact) mass is 481 g/mol. The predicted molar refractivity (Wildman–Crippen MR) is 134 cm³/mol. The van der Waals surface area contributed by atoms with Gasteiger partial charge in [0.15, 0.2) is 0 Å². The van der Waals surface area contributed by atoms with Crippen LogP contribution in [-0.2, 0) is 9.59 Å². The average molecular weight is 482 g/mol. The molecule has 3 amide bonds. The molecule has 1 aliphatic heterocycles. The number of thioether (sulfide) groups is 1. The Morgan fingerprint density at radius 2 is 1.85 bits per heavy atom. The Morgan fingerprint density at radius 1 is 1.15 bits per heavy atom. The number of nitrogens with two attached hydrogens (primary N) is 2. The third-order valence-corrected chi connectivity index (χ3v) is 5.82. The first-order valence-corrected chi connectivity index (χ1v) is 11.6. The van der Waals surface area contributed by atoms with Gasteiger partial charge in [0.25, 0.3) is 11.1 Å². The second kappa shape index (κ2) is 11.9. The maximum atomic E-state index is 12.7. The summed E-state index contributed by atoms with van der Waals surface area (Å²) in [5.41, 5.74) is 7.68. The van der Waals surface area contributed by atoms with Crippen molar-refractivity contribution in [2.75, 3.05) is 18.5 Å². The van der Waals surface area contributed by atoms with E-state index in [-0.39, 0.29) is 35.9 Å². The molecule has 10 heteroatoms. The molecular weight excluding hydrogens is 454 g/mol. The summed E-state index contributed by atoms with van der Waals surface area (Å²) >= 11 is 0.900. The first-order valence-electron chi connectivity index (χ1n) is 10.8. The maximum Gasteiger partial charge on any atom is 0.293 e. The Balaban J connectivity index is 1.49. The van der Waals surface area contributed by atoms with Gasteiger partial charge < -0.3 is 21.6 Å². The van der Waals surface area contributed by atoms with E-state index in [1.165, 1.54) is 4.90 Å². The Labute approximate surface area is 202 Å². The van der Waals surface area contributed by atoms with Crippen LogP contribution in [0.5, 0.6) is 5.75 Å². The van der Waals surface area contributed by atoms with Crippen molar-refractivity contribution in [1.29, 1.82) is 0 Å². The van der Waals surface area contributed by atoms with Gasteiger partial charge in [0.05, 0.1) is 11.5 Å². The maximum absolute atomic E-state index is 12.7. The SMILES string of the molecule is CCCOc1ccc(/C=C2\SC(=O)N(CCCC(=O)Nc3ccc(/C(N)=N/N)cc3)C2=O)cc1. The van der Waals surface area contributed by atoms with Gasteiger partial charge >= 0.3 is 0 Å². The fraction of sp³-hybridized carbons (Fsp3) is 0.250. The highest BCUT2D eigenvalue weighted by atomic mass is 32.2. The van der Waals surface area contributed by atoms with Gasteiger partial charge in [-0.3, -0.25) is 19.3 Å². The standard InChI is InChI=1S/C24H27N5O4S/c1-2-14-33-19-11-5-16(6-12-19)15-20-23(31)29(24(32)34-20)13-3-4-21(30)27-18-9-7-17(8-10-18)22(25)28-26/h5-12,15H,2-4,13-14,26H2,1H3,(H2,25,28)(H,27,30)/b20-15-. The number of hydrazone groups is 1. The molecule has 0 bridgehead atoms. The Kier molecular flexibility index (Phi) is 8.69. The molecule has 0 aliphatic carbocycles. The molecule has 1 saturated heterocycles. The summed E-state index contributed by atoms with van der Waals surface area (Å²) in [6, 6.07) is 14.1. The molecule has 1 fully saturated rings. The number of amidine groups is 1. The van der Waals surface area contributed by atoms with Crippen LogP contribution in [0.25, 0.3) is 6.08 Å². The van der Waals surface area contributed by atoms with Gasteiger partial charge in [0.2, 0.25) is 5.91 Å². The van der Waals surface area contributed by atoms with Crippen LogP contribution in [0.2, 0.25) is 0 Å². The summed E-state index contributed by atoms with van der Waals surface area (Å²) in [5, 5.41) is 5.85. The molecule has 34 heavy (non-hydrogen) atoms. The van der Waals surface area contributed by atoms with Crippen molar-refractivity contribution in [3.63, 3.8) is 0 Å². The van der Waals surface area contributed by atoms with E-state index in [9.17, 15) is 14.4 Å². The van der Waals surface area contributed by atoms with E-state index in [0.717, 1.165) is 29.5 Å². The van der Waals surface area contributed by atoms with Crippen LogP contribution in [0.15, 0.2) is 58.5 Å². The van der Waals surface area contributed by atoms with Crippen LogP contribution in [0.3, 0.4) is 0 Å². The van der Waals surface area contributed by atoms with Gasteiger partial charge in [-0.05, 0) is 72.6 Å². The summed E-state index contributed by atoms with van der Waals surface area (Å²) in [4.78, 5) is 38.7. The highest BCUT2D eigenvalue weighted by molar-refractivity contribution is 8.18. The van der Waals surface area contributed by atoms with E-state index < -0.39 is 0 Å². The molecule has 2 aromatic rings. The second-order valence-corrected chi connectivity index (χ2v) is 8.49. The summed E-state index contributed by atoms with van der Waals surface area (Å²) in [5.74, 6) is 5.53. The highest BCUT2D eigenvalue weighted by Crippen LogP contribution is 2.32. The molecule has 0 saturated carbocycles. The molecule has 178 valence electrons. The van der Waals surface area contributed by atoms with E-state index in [2.05, 4.69) is 10.4 Å². The minimum Gasteiger partial charge on any atom is -0.494 e. The number of imide groups is 1. The topological polar surface area (TPSA) is 140 Å². The Bertz CT molecular complexity index is 1100. The van der Waals surface area contributed by atoms with Crippen LogP contribution in [0.1, 0.15) is 37.3 Å². The molecule has 0 unspecified atom stereocenters. The van der Waals surface area contributed by atoms with Gasteiger partial charge in [0.1, 0.15) is 11.6 Å². The van der Waals surface area contributed by atoms with Crippen molar-refractivity contribution in [3.8, 4) is 5.75 Å². The lowest BCUT2D eigenvalue weighted by Crippen LogP contribution is -2.29. The van der Waals surface area contributed by atoms with E-state index in [0.29, 0.717) is 29.2 Å². The number of anilines is 1. The number of carbonyl (C=O) groups is 3. The number of nitrogens with zero attached hydrogens (tertiary/aromatic N) is 2. The van der Waals surface area contributed by atoms with Gasteiger partial charge in [0, 0.05) is 24.2 Å². The lowest BCUT2D eigenvalue weighted by atomic mass is 10.2. The number of hydrogen-bond acceptors (Lipinski definition) is 7. The first-order chi connectivity index (χ1) is 16.4. The summed E-state index contributed by atoms with van der Waals surface area (Å²) in [6.07, 6.45) is 3.12. The Hall–Kier alpha value is -3.79. The molecule has 5 N–H and O–H groups in total. The van der Waals surface area contributed by atoms with Crippen molar-refractivity contribution in [2.24, 2.45) is 16.7 Å². The third kappa shape index (κ3) is 6.61. The fourth-order valence-electron chi connectivity index (χ4n) is 3.14. The van der Waals surface area contributed by atoms with E-state index >= 15 is 0 Å². The van der Waals surface area contributed by atoms with Crippen molar-refractivity contribution in [2.45, 2.75) is 26.2 Å². The number of hydrogen-bond donors (Lipinski definition) is 3. The first kappa shape index (κ1) is 24.8. The number of carbonyl (C=O) groups excluding carboxylic acids is 3. The number of nitrogens with one attached hydrogen (secondary N) is 1. The largest absolute Gasteiger partial charge is 0.494 e. The zero-order valence-electron chi connectivity index (χ0n) is 18.8. The fourth-order valence-corrected chi connectivity index (χ4v) is 4.01. The average Bonchev–Trinajstić information content (AvgIpc) is 3.10. The molecule has 0 spiro atoms. The number of ether oxygens (including phenoxy) is 1. The van der Waals surface area contributed by atoms with Gasteiger partial charge in [-0.1, -0.05) is 19.1 Å². The summed E-state index contributed by atoms with van der Waals surface area (Å²) in [7, 11) is 0. The van der Waals surface area contributed by atoms with Crippen molar-refractivity contribution < 1.29 is 19.1 Å². The van der Waals surface area contributed by atoms with E-state index in [1.807, 2.05) is 31.2 Å². The zero-order chi connectivity index (χ0) is 24.5. The predicted octanol–water partition coefficient (Wildman–Crippen LogP) is 3.51. The van der Waals surface area contributed by atoms with E-state index in [1.54, 1.807) is 30.3 Å². The molecule has 2 aromatic carbocycles. The van der Waals surface area contributed by atoms with Crippen LogP contribution in [0, 0.1) is 0 Å². The van der Waals surface area contributed by atoms with Gasteiger partial charge in [-0.2, -0.15) is 5.10 Å². The van der Waals surface area contributed by atoms with Crippen LogP contribution >= 0.6 is 11.8 Å². The van der Waals surface area contributed by atoms with Crippen molar-refractivity contribution >= 4 is 46.4 Å². The third-order valence-electron chi connectivity index (χ3n) is 4.91. The summed E-state index contributed by atoms with van der Waals surface area (Å²) < 4.78 is 5.55. The van der Waals surface area contributed by atoms with Gasteiger partial charge in [-0.25, -0.2) is 0 Å². The van der Waals surface area contributed by atoms with Crippen LogP contribution in [0.4, 0.5) is 10.5 Å². The minimum absolute atomic E-state index is 0.161. The lowest BCUT2D eigenvalue weighted by molar-refractivity contribution is -0.123. The zero-order valence-corrected chi connectivity index (χ0v) is 19.6. The van der Waals surface area contributed by atoms with E-state index in [4.69, 9.17) is 16.3 Å². The Morgan fingerprint density at radius 3 is 2.50 bits per heavy atom. The van der Waals surface area contributed by atoms with Gasteiger partial charge in [-0.15, -0.1) is 0 Å². The van der Waals surface area contributed by atoms with Crippen LogP contribution < -0.4 is 21.6 Å². The quantitative estimate of drug-likeness (QED) is 0.155. The number of rotatable bonds is 10. The molecule has 1 aliphatic rings. The molecule has 3 rings (SSSR count). The summed E-state index contributed by atoms with van der Waals surface area (Å²) in [6.45, 7) is 2.84. The van der Waals surface area contributed by atoms with Crippen molar-refractivity contribution in [3.05, 3.63) is 64.6 Å². The molecule has 9 nitrogen and oxygen atoms in total. The molecule has 0 aromatic heterocycles. The highest BCUT2D eigenvalue weighted by Gasteiger charge is 2.34. The van der Waals surface area contributed by atoms with Crippen LogP contribution in [-0.4, -0.2) is 40.9 Å². The second-order valence-electron chi connectivity index (χ2n) is 7.49. The normalized spacial score (nSPS) is 15.1. The minimum atomic E-state index is -0.350. The molecule has 0 atom stereocenters. The molecule has 1 heterocycles. The van der Waals surface area contributed by atoms with Crippen molar-refractivity contribution in [1.82, 2.24) is 4.90 Å². The number of benzene rings is 2.